The first-order valence-corrected chi connectivity index (χ1v) is 7.31. The molecule has 20 heavy (non-hydrogen) atoms. The van der Waals surface area contributed by atoms with Gasteiger partial charge in [-0.25, -0.2) is 0 Å². The van der Waals surface area contributed by atoms with E-state index in [1.54, 1.807) is 7.11 Å². The molecule has 0 saturated carbocycles. The summed E-state index contributed by atoms with van der Waals surface area (Å²) >= 11 is 0. The minimum atomic E-state index is 0. The highest BCUT2D eigenvalue weighted by atomic mass is 35.5. The van der Waals surface area contributed by atoms with Crippen molar-refractivity contribution >= 4 is 12.4 Å². The molecule has 1 aromatic carbocycles. The predicted octanol–water partition coefficient (Wildman–Crippen LogP) is 2.61. The smallest absolute Gasteiger partial charge is 0.0599 e. The normalized spacial score (nSPS) is 23.4. The van der Waals surface area contributed by atoms with Gasteiger partial charge in [-0.1, -0.05) is 31.2 Å². The summed E-state index contributed by atoms with van der Waals surface area (Å²) in [4.78, 5) is 2.50. The molecule has 1 aliphatic heterocycles. The summed E-state index contributed by atoms with van der Waals surface area (Å²) in [5, 5.41) is 0. The number of aryl methyl sites for hydroxylation is 1. The molecule has 1 aromatic rings. The second-order valence-corrected chi connectivity index (χ2v) is 5.41. The number of benzene rings is 1. The minimum Gasteiger partial charge on any atom is -0.381 e. The van der Waals surface area contributed by atoms with Gasteiger partial charge in [-0.2, -0.15) is 0 Å². The molecule has 1 heterocycles. The molecule has 0 radical (unpaired) electrons. The van der Waals surface area contributed by atoms with Gasteiger partial charge in [0.25, 0.3) is 0 Å². The lowest BCUT2D eigenvalue weighted by molar-refractivity contribution is 0.0102. The van der Waals surface area contributed by atoms with Crippen LogP contribution in [0.25, 0.3) is 0 Å². The first-order valence-electron chi connectivity index (χ1n) is 7.31. The predicted molar refractivity (Wildman–Crippen MR) is 86.4 cm³/mol. The van der Waals surface area contributed by atoms with Gasteiger partial charge in [0.1, 0.15) is 0 Å². The van der Waals surface area contributed by atoms with Crippen LogP contribution in [-0.2, 0) is 17.7 Å². The fourth-order valence-corrected chi connectivity index (χ4v) is 2.85. The van der Waals surface area contributed by atoms with Crippen LogP contribution in [-0.4, -0.2) is 37.2 Å². The Morgan fingerprint density at radius 1 is 1.25 bits per heavy atom. The summed E-state index contributed by atoms with van der Waals surface area (Å²) in [5.74, 6) is 0. The molecule has 114 valence electrons. The fourth-order valence-electron chi connectivity index (χ4n) is 2.85. The van der Waals surface area contributed by atoms with Crippen LogP contribution in [0.5, 0.6) is 0 Å². The molecule has 3 nitrogen and oxygen atoms in total. The second kappa shape index (κ2) is 8.63. The average molecular weight is 299 g/mol. The molecule has 0 aliphatic carbocycles. The van der Waals surface area contributed by atoms with Crippen molar-refractivity contribution in [2.24, 2.45) is 5.73 Å². The average Bonchev–Trinajstić information content (AvgIpc) is 2.48. The van der Waals surface area contributed by atoms with Gasteiger partial charge in [0.05, 0.1) is 6.10 Å². The summed E-state index contributed by atoms with van der Waals surface area (Å²) in [6.07, 6.45) is 3.65. The molecule has 4 heteroatoms. The molecular weight excluding hydrogens is 272 g/mol. The molecule has 0 spiro atoms. The molecule has 2 atom stereocenters. The molecular formula is C16H27ClN2O. The number of nitrogens with zero attached hydrogens (tertiary/aromatic N) is 1. The van der Waals surface area contributed by atoms with E-state index in [4.69, 9.17) is 10.5 Å². The van der Waals surface area contributed by atoms with E-state index in [0.717, 1.165) is 32.4 Å². The van der Waals surface area contributed by atoms with Crippen LogP contribution in [0.3, 0.4) is 0 Å². The highest BCUT2D eigenvalue weighted by molar-refractivity contribution is 5.85. The zero-order valence-electron chi connectivity index (χ0n) is 12.5. The number of likely N-dealkylation sites (tertiary alicyclic amines) is 1. The monoisotopic (exact) mass is 298 g/mol. The van der Waals surface area contributed by atoms with Gasteiger partial charge in [-0.3, -0.25) is 4.90 Å². The SMILES string of the molecule is CCc1ccc(CN2CCC(OC)CC2CN)cc1.Cl. The minimum absolute atomic E-state index is 0. The van der Waals surface area contributed by atoms with Crippen molar-refractivity contribution in [1.29, 1.82) is 0 Å². The second-order valence-electron chi connectivity index (χ2n) is 5.41. The zero-order chi connectivity index (χ0) is 13.7. The Kier molecular flexibility index (Phi) is 7.52. The topological polar surface area (TPSA) is 38.5 Å². The van der Waals surface area contributed by atoms with Crippen molar-refractivity contribution in [3.63, 3.8) is 0 Å². The van der Waals surface area contributed by atoms with Crippen LogP contribution < -0.4 is 5.73 Å². The summed E-state index contributed by atoms with van der Waals surface area (Å²) < 4.78 is 5.47. The quantitative estimate of drug-likeness (QED) is 0.908. The lowest BCUT2D eigenvalue weighted by Gasteiger charge is -2.38. The maximum absolute atomic E-state index is 5.91. The van der Waals surface area contributed by atoms with Gasteiger partial charge in [-0.15, -0.1) is 12.4 Å². The van der Waals surface area contributed by atoms with E-state index in [2.05, 4.69) is 36.1 Å². The van der Waals surface area contributed by atoms with Crippen LogP contribution in [0.4, 0.5) is 0 Å². The molecule has 2 rings (SSSR count). The zero-order valence-corrected chi connectivity index (χ0v) is 13.4. The Balaban J connectivity index is 0.00000200. The number of hydrogen-bond donors (Lipinski definition) is 1. The first-order chi connectivity index (χ1) is 9.26. The van der Waals surface area contributed by atoms with Crippen LogP contribution in [0, 0.1) is 0 Å². The molecule has 0 aromatic heterocycles. The highest BCUT2D eigenvalue weighted by Crippen LogP contribution is 2.21. The van der Waals surface area contributed by atoms with E-state index in [0.29, 0.717) is 18.7 Å². The number of nitrogens with two attached hydrogens (primary N) is 1. The van der Waals surface area contributed by atoms with E-state index in [9.17, 15) is 0 Å². The van der Waals surface area contributed by atoms with E-state index in [1.165, 1.54) is 11.1 Å². The molecule has 1 fully saturated rings. The van der Waals surface area contributed by atoms with Crippen LogP contribution in [0.2, 0.25) is 0 Å². The third kappa shape index (κ3) is 4.45. The Bertz CT molecular complexity index is 383. The van der Waals surface area contributed by atoms with E-state index in [1.807, 2.05) is 0 Å². The van der Waals surface area contributed by atoms with Gasteiger partial charge >= 0.3 is 0 Å². The third-order valence-corrected chi connectivity index (χ3v) is 4.21. The Labute approximate surface area is 128 Å². The van der Waals surface area contributed by atoms with Crippen LogP contribution >= 0.6 is 12.4 Å². The standard InChI is InChI=1S/C16H26N2O.ClH/c1-3-13-4-6-14(7-5-13)12-18-9-8-16(19-2)10-15(18)11-17;/h4-7,15-16H,3,8-12,17H2,1-2H3;1H. The van der Waals surface area contributed by atoms with Crippen molar-refractivity contribution in [1.82, 2.24) is 4.90 Å². The number of halogens is 1. The van der Waals surface area contributed by atoms with Gasteiger partial charge in [0.2, 0.25) is 0 Å². The van der Waals surface area contributed by atoms with E-state index in [-0.39, 0.29) is 12.4 Å². The largest absolute Gasteiger partial charge is 0.381 e. The summed E-state index contributed by atoms with van der Waals surface area (Å²) in [6, 6.07) is 9.40. The van der Waals surface area contributed by atoms with Crippen molar-refractivity contribution in [2.75, 3.05) is 20.2 Å². The van der Waals surface area contributed by atoms with Gasteiger partial charge in [0, 0.05) is 32.8 Å². The van der Waals surface area contributed by atoms with E-state index >= 15 is 0 Å². The first kappa shape index (κ1) is 17.4. The fraction of sp³-hybridized carbons (Fsp3) is 0.625. The third-order valence-electron chi connectivity index (χ3n) is 4.21. The number of ether oxygens (including phenoxy) is 1. The van der Waals surface area contributed by atoms with E-state index < -0.39 is 0 Å². The maximum atomic E-state index is 5.91. The Hall–Kier alpha value is -0.610. The molecule has 2 unspecified atom stereocenters. The van der Waals surface area contributed by atoms with Crippen molar-refractivity contribution in [3.05, 3.63) is 35.4 Å². The number of rotatable bonds is 5. The Morgan fingerprint density at radius 3 is 2.45 bits per heavy atom. The molecule has 1 aliphatic rings. The molecule has 0 amide bonds. The number of piperidine rings is 1. The van der Waals surface area contributed by atoms with Crippen LogP contribution in [0.1, 0.15) is 30.9 Å². The van der Waals surface area contributed by atoms with Crippen molar-refractivity contribution in [3.8, 4) is 0 Å². The lowest BCUT2D eigenvalue weighted by Crippen LogP contribution is -2.47. The maximum Gasteiger partial charge on any atom is 0.0599 e. The van der Waals surface area contributed by atoms with Crippen LogP contribution in [0.15, 0.2) is 24.3 Å². The molecule has 0 bridgehead atoms. The van der Waals surface area contributed by atoms with Gasteiger partial charge in [0.15, 0.2) is 0 Å². The molecule has 1 saturated heterocycles. The van der Waals surface area contributed by atoms with Crippen molar-refractivity contribution < 1.29 is 4.74 Å². The van der Waals surface area contributed by atoms with Gasteiger partial charge in [-0.05, 0) is 30.4 Å². The number of hydrogen-bond acceptors (Lipinski definition) is 3. The number of methoxy groups -OCH3 is 1. The Morgan fingerprint density at radius 2 is 1.90 bits per heavy atom. The lowest BCUT2D eigenvalue weighted by atomic mass is 9.98. The summed E-state index contributed by atoms with van der Waals surface area (Å²) in [7, 11) is 1.80. The summed E-state index contributed by atoms with van der Waals surface area (Å²) in [5.41, 5.74) is 8.69. The highest BCUT2D eigenvalue weighted by Gasteiger charge is 2.27. The molecule has 2 N–H and O–H groups in total. The van der Waals surface area contributed by atoms with Gasteiger partial charge < -0.3 is 10.5 Å². The summed E-state index contributed by atoms with van der Waals surface area (Å²) in [6.45, 7) is 4.99. The van der Waals surface area contributed by atoms with Crippen molar-refractivity contribution in [2.45, 2.75) is 44.9 Å².